The molecule has 0 bridgehead atoms. The van der Waals surface area contributed by atoms with Crippen molar-refractivity contribution in [2.24, 2.45) is 0 Å². The topological polar surface area (TPSA) is 175 Å². The van der Waals surface area contributed by atoms with Crippen molar-refractivity contribution in [2.45, 2.75) is 289 Å². The minimum absolute atomic E-state index is 0.0408. The molecular weight excluding hydrogens is 1040 g/mol. The summed E-state index contributed by atoms with van der Waals surface area (Å²) in [4.78, 5) is 51.4. The van der Waals surface area contributed by atoms with Gasteiger partial charge in [0.05, 0.1) is 6.61 Å². The molecule has 1 fully saturated rings. The number of rotatable bonds is 54. The number of carboxylic acid groups (broad SMARTS) is 1. The van der Waals surface area contributed by atoms with Gasteiger partial charge in [-0.2, -0.15) is 0 Å². The summed E-state index contributed by atoms with van der Waals surface area (Å²) in [6.45, 7) is 5.65. The molecule has 0 amide bonds. The Morgan fingerprint density at radius 3 is 1.10 bits per heavy atom. The normalized spacial score (nSPS) is 18.4. The maximum atomic E-state index is 13.2. The highest BCUT2D eigenvalue weighted by Crippen LogP contribution is 2.26. The highest BCUT2D eigenvalue weighted by Gasteiger charge is 2.50. The molecule has 0 aromatic rings. The lowest BCUT2D eigenvalue weighted by molar-refractivity contribution is -0.301. The first kappa shape index (κ1) is 76.1. The number of carboxylic acids is 1. The number of ether oxygens (including phenoxy) is 5. The number of aliphatic hydroxyl groups excluding tert-OH is 2. The molecule has 12 heteroatoms. The van der Waals surface area contributed by atoms with E-state index in [9.17, 15) is 34.5 Å². The first-order chi connectivity index (χ1) is 40.6. The summed E-state index contributed by atoms with van der Waals surface area (Å²) in [5.41, 5.74) is 0. The number of carbonyl (C=O) groups is 4. The summed E-state index contributed by atoms with van der Waals surface area (Å²) in [5.74, 6) is -3.17. The fourth-order valence-electron chi connectivity index (χ4n) is 9.15. The molecule has 1 aliphatic heterocycles. The molecule has 0 spiro atoms. The highest BCUT2D eigenvalue weighted by atomic mass is 16.7. The van der Waals surface area contributed by atoms with Crippen LogP contribution in [0, 0.1) is 0 Å². The average Bonchev–Trinajstić information content (AvgIpc) is 3.59. The quantitative estimate of drug-likeness (QED) is 0.0228. The SMILES string of the molecule is CC/C=C\C/C=C\C/C=C\C/C=C\CCCCCCCCC(=O)OCC(COC1OC(C(=O)O)C(O)C(O)C1OC(=O)CCCCCCCCC/C=C\C/C=C\C/C=C\CC)OC(=O)CCCCCCCCC/C=C\C/C=C\C/C=C\CC. The van der Waals surface area contributed by atoms with Gasteiger partial charge < -0.3 is 39.0 Å². The summed E-state index contributed by atoms with van der Waals surface area (Å²) in [6.07, 6.45) is 67.2. The Morgan fingerprint density at radius 1 is 0.398 bits per heavy atom. The van der Waals surface area contributed by atoms with Gasteiger partial charge in [-0.05, 0) is 122 Å². The van der Waals surface area contributed by atoms with Crippen molar-refractivity contribution < 1.29 is 58.2 Å². The third-order valence-electron chi connectivity index (χ3n) is 14.0. The van der Waals surface area contributed by atoms with Gasteiger partial charge in [-0.15, -0.1) is 0 Å². The van der Waals surface area contributed by atoms with Crippen LogP contribution in [-0.2, 0) is 42.9 Å². The molecule has 0 radical (unpaired) electrons. The lowest BCUT2D eigenvalue weighted by atomic mass is 9.98. The molecule has 1 saturated heterocycles. The van der Waals surface area contributed by atoms with Gasteiger partial charge in [0.2, 0.25) is 0 Å². The van der Waals surface area contributed by atoms with E-state index in [4.69, 9.17) is 23.7 Å². The van der Waals surface area contributed by atoms with Crippen molar-refractivity contribution in [3.63, 3.8) is 0 Å². The van der Waals surface area contributed by atoms with E-state index in [1.165, 1.54) is 0 Å². The van der Waals surface area contributed by atoms with Crippen molar-refractivity contribution in [1.82, 2.24) is 0 Å². The van der Waals surface area contributed by atoms with E-state index in [1.807, 2.05) is 0 Å². The zero-order valence-electron chi connectivity index (χ0n) is 51.9. The van der Waals surface area contributed by atoms with Gasteiger partial charge in [0.25, 0.3) is 0 Å². The number of allylic oxidation sites excluding steroid dienone is 20. The van der Waals surface area contributed by atoms with Crippen molar-refractivity contribution in [3.05, 3.63) is 122 Å². The Balaban J connectivity index is 2.69. The summed E-state index contributed by atoms with van der Waals surface area (Å²) >= 11 is 0. The number of hydrogen-bond donors (Lipinski definition) is 3. The molecular formula is C71H114O12. The van der Waals surface area contributed by atoms with Crippen molar-refractivity contribution in [1.29, 1.82) is 0 Å². The van der Waals surface area contributed by atoms with Gasteiger partial charge >= 0.3 is 23.9 Å². The van der Waals surface area contributed by atoms with Gasteiger partial charge in [0.1, 0.15) is 18.8 Å². The Hall–Kier alpha value is -4.88. The van der Waals surface area contributed by atoms with Crippen LogP contribution in [0.2, 0.25) is 0 Å². The van der Waals surface area contributed by atoms with E-state index in [0.29, 0.717) is 19.3 Å². The van der Waals surface area contributed by atoms with Crippen LogP contribution in [-0.4, -0.2) is 89.2 Å². The molecule has 1 rings (SSSR count). The molecule has 6 unspecified atom stereocenters. The first-order valence-electron chi connectivity index (χ1n) is 32.5. The van der Waals surface area contributed by atoms with Gasteiger partial charge in [-0.1, -0.05) is 232 Å². The third-order valence-corrected chi connectivity index (χ3v) is 14.0. The number of aliphatic carboxylic acids is 1. The standard InChI is InChI=1S/C71H114O12/c1-4-7-10-13-16-19-22-25-28-31-32-35-36-39-42-45-48-51-54-57-63(72)79-60-62(81-64(73)58-55-52-49-46-43-40-37-33-29-26-23-20-17-14-11-8-5-2)61-80-71-69(67(76)66(75)68(83-71)70(77)78)82-65(74)59-56-53-50-47-44-41-38-34-30-27-24-21-18-15-12-9-6-3/h7-12,16-21,25-30,32,35,62,66-69,71,75-76H,4-6,13-15,22-24,31,33-34,36-61H2,1-3H3,(H,77,78)/b10-7-,11-8-,12-9-,19-16-,20-17-,21-18-,28-25-,29-26-,30-27-,35-32-. The van der Waals surface area contributed by atoms with Crippen LogP contribution in [0.25, 0.3) is 0 Å². The van der Waals surface area contributed by atoms with Gasteiger partial charge in [0, 0.05) is 19.3 Å². The van der Waals surface area contributed by atoms with Crippen LogP contribution in [0.5, 0.6) is 0 Å². The number of aliphatic hydroxyl groups is 2. The lowest BCUT2D eigenvalue weighted by Crippen LogP contribution is -2.61. The van der Waals surface area contributed by atoms with Crippen molar-refractivity contribution in [2.75, 3.05) is 13.2 Å². The van der Waals surface area contributed by atoms with E-state index < -0.39 is 67.3 Å². The van der Waals surface area contributed by atoms with E-state index in [2.05, 4.69) is 142 Å². The Bertz CT molecular complexity index is 1900. The number of carbonyl (C=O) groups excluding carboxylic acids is 3. The van der Waals surface area contributed by atoms with Gasteiger partial charge in [-0.3, -0.25) is 14.4 Å². The summed E-state index contributed by atoms with van der Waals surface area (Å²) in [6, 6.07) is 0. The van der Waals surface area contributed by atoms with Crippen molar-refractivity contribution in [3.8, 4) is 0 Å². The molecule has 6 atom stereocenters. The molecule has 12 nitrogen and oxygen atoms in total. The molecule has 1 aliphatic rings. The first-order valence-corrected chi connectivity index (χ1v) is 32.5. The number of esters is 3. The van der Waals surface area contributed by atoms with E-state index >= 15 is 0 Å². The van der Waals surface area contributed by atoms with Gasteiger partial charge in [0.15, 0.2) is 24.6 Å². The predicted molar refractivity (Wildman–Crippen MR) is 340 cm³/mol. The Kier molecular flexibility index (Phi) is 52.8. The second-order valence-corrected chi connectivity index (χ2v) is 21.6. The molecule has 1 heterocycles. The monoisotopic (exact) mass is 1160 g/mol. The molecule has 83 heavy (non-hydrogen) atoms. The zero-order chi connectivity index (χ0) is 60.3. The second kappa shape index (κ2) is 57.5. The van der Waals surface area contributed by atoms with Crippen molar-refractivity contribution >= 4 is 23.9 Å². The average molecular weight is 1160 g/mol. The molecule has 0 aromatic heterocycles. The Morgan fingerprint density at radius 2 is 0.723 bits per heavy atom. The molecule has 3 N–H and O–H groups in total. The molecule has 470 valence electrons. The summed E-state index contributed by atoms with van der Waals surface area (Å²) < 4.78 is 28.5. The van der Waals surface area contributed by atoms with Crippen LogP contribution in [0.4, 0.5) is 0 Å². The summed E-state index contributed by atoms with van der Waals surface area (Å²) in [7, 11) is 0. The predicted octanol–water partition coefficient (Wildman–Crippen LogP) is 17.6. The number of unbranched alkanes of at least 4 members (excludes halogenated alkanes) is 20. The lowest BCUT2D eigenvalue weighted by Gasteiger charge is -2.40. The van der Waals surface area contributed by atoms with Gasteiger partial charge in [-0.25, -0.2) is 4.79 Å². The smallest absolute Gasteiger partial charge is 0.335 e. The minimum atomic E-state index is -1.92. The molecule has 0 saturated carbocycles. The fraction of sp³-hybridized carbons (Fsp3) is 0.662. The molecule has 0 aromatic carbocycles. The third kappa shape index (κ3) is 47.1. The van der Waals surface area contributed by atoms with Crippen LogP contribution < -0.4 is 0 Å². The highest BCUT2D eigenvalue weighted by molar-refractivity contribution is 5.74. The Labute approximate surface area is 503 Å². The largest absolute Gasteiger partial charge is 0.479 e. The minimum Gasteiger partial charge on any atom is -0.479 e. The second-order valence-electron chi connectivity index (χ2n) is 21.6. The fourth-order valence-corrected chi connectivity index (χ4v) is 9.15. The van der Waals surface area contributed by atoms with E-state index in [0.717, 1.165) is 193 Å². The van der Waals surface area contributed by atoms with Crippen LogP contribution >= 0.6 is 0 Å². The maximum Gasteiger partial charge on any atom is 0.335 e. The van der Waals surface area contributed by atoms with Crippen LogP contribution in [0.1, 0.15) is 252 Å². The van der Waals surface area contributed by atoms with E-state index in [-0.39, 0.29) is 25.9 Å². The van der Waals surface area contributed by atoms with Crippen LogP contribution in [0.3, 0.4) is 0 Å². The van der Waals surface area contributed by atoms with Crippen LogP contribution in [0.15, 0.2) is 122 Å². The number of hydrogen-bond acceptors (Lipinski definition) is 11. The molecule has 0 aliphatic carbocycles. The zero-order valence-corrected chi connectivity index (χ0v) is 51.9. The summed E-state index contributed by atoms with van der Waals surface area (Å²) in [5, 5.41) is 31.6. The van der Waals surface area contributed by atoms with E-state index in [1.54, 1.807) is 0 Å². The maximum absolute atomic E-state index is 13.2.